The first-order chi connectivity index (χ1) is 12.1. The van der Waals surface area contributed by atoms with Crippen molar-refractivity contribution in [1.82, 2.24) is 10.1 Å². The van der Waals surface area contributed by atoms with E-state index < -0.39 is 0 Å². The first kappa shape index (κ1) is 17.3. The third kappa shape index (κ3) is 3.95. The summed E-state index contributed by atoms with van der Waals surface area (Å²) in [4.78, 5) is 14.4. The van der Waals surface area contributed by atoms with Gasteiger partial charge >= 0.3 is 0 Å². The number of hydrogen-bond acceptors (Lipinski definition) is 5. The largest absolute Gasteiger partial charge is 0.493 e. The van der Waals surface area contributed by atoms with Crippen LogP contribution in [0.4, 0.5) is 0 Å². The average molecular weight is 344 g/mol. The number of carbonyl (C=O) groups is 1. The van der Waals surface area contributed by atoms with Crippen LogP contribution >= 0.6 is 0 Å². The smallest absolute Gasteiger partial charge is 0.228 e. The first-order valence-corrected chi connectivity index (χ1v) is 8.56. The second-order valence-electron chi connectivity index (χ2n) is 6.52. The van der Waals surface area contributed by atoms with Crippen LogP contribution in [0.5, 0.6) is 11.5 Å². The molecule has 1 unspecified atom stereocenters. The normalized spacial score (nSPS) is 17.4. The number of aromatic nitrogens is 1. The summed E-state index contributed by atoms with van der Waals surface area (Å²) in [5.41, 5.74) is 1.48. The van der Waals surface area contributed by atoms with Gasteiger partial charge in [0.05, 0.1) is 26.3 Å². The zero-order chi connectivity index (χ0) is 17.8. The van der Waals surface area contributed by atoms with Gasteiger partial charge in [-0.1, -0.05) is 12.1 Å². The molecule has 6 heteroatoms. The van der Waals surface area contributed by atoms with Gasteiger partial charge in [0.2, 0.25) is 5.91 Å². The Morgan fingerprint density at radius 2 is 2.08 bits per heavy atom. The number of amides is 1. The lowest BCUT2D eigenvalue weighted by molar-refractivity contribution is -0.132. The van der Waals surface area contributed by atoms with Crippen molar-refractivity contribution >= 4 is 5.91 Å². The zero-order valence-corrected chi connectivity index (χ0v) is 14.9. The highest BCUT2D eigenvalue weighted by atomic mass is 16.5. The molecule has 3 rings (SSSR count). The predicted octanol–water partition coefficient (Wildman–Crippen LogP) is 3.16. The maximum absolute atomic E-state index is 12.5. The highest BCUT2D eigenvalue weighted by Gasteiger charge is 2.22. The first-order valence-electron chi connectivity index (χ1n) is 8.56. The molecule has 0 saturated carbocycles. The van der Waals surface area contributed by atoms with Crippen molar-refractivity contribution in [2.75, 3.05) is 27.3 Å². The molecule has 1 amide bonds. The van der Waals surface area contributed by atoms with E-state index >= 15 is 0 Å². The summed E-state index contributed by atoms with van der Waals surface area (Å²) in [7, 11) is 3.18. The van der Waals surface area contributed by atoms with Gasteiger partial charge < -0.3 is 18.9 Å². The average Bonchev–Trinajstić information content (AvgIpc) is 3.09. The molecule has 1 aromatic carbocycles. The summed E-state index contributed by atoms with van der Waals surface area (Å²) < 4.78 is 16.0. The van der Waals surface area contributed by atoms with Crippen molar-refractivity contribution < 1.29 is 18.8 Å². The molecule has 1 atom stereocenters. The van der Waals surface area contributed by atoms with Gasteiger partial charge in [-0.05, 0) is 37.0 Å². The van der Waals surface area contributed by atoms with Crippen molar-refractivity contribution in [1.29, 1.82) is 0 Å². The summed E-state index contributed by atoms with van der Waals surface area (Å²) in [6.07, 6.45) is 2.53. The van der Waals surface area contributed by atoms with E-state index in [9.17, 15) is 4.79 Å². The van der Waals surface area contributed by atoms with E-state index in [1.54, 1.807) is 14.2 Å². The Labute approximate surface area is 147 Å². The number of ether oxygens (including phenoxy) is 2. The molecular formula is C19H24N2O4. The van der Waals surface area contributed by atoms with E-state index in [0.29, 0.717) is 28.9 Å². The van der Waals surface area contributed by atoms with Crippen LogP contribution in [0.2, 0.25) is 0 Å². The number of benzene rings is 1. The van der Waals surface area contributed by atoms with E-state index in [2.05, 4.69) is 12.1 Å². The molecule has 2 aromatic rings. The van der Waals surface area contributed by atoms with Crippen LogP contribution in [-0.4, -0.2) is 43.3 Å². The second-order valence-corrected chi connectivity index (χ2v) is 6.52. The van der Waals surface area contributed by atoms with Crippen LogP contribution in [0.15, 0.2) is 28.8 Å². The molecular weight excluding hydrogens is 320 g/mol. The number of hydrogen-bond donors (Lipinski definition) is 0. The molecule has 134 valence electrons. The third-order valence-corrected chi connectivity index (χ3v) is 4.57. The molecule has 2 heterocycles. The highest BCUT2D eigenvalue weighted by molar-refractivity contribution is 5.78. The fourth-order valence-corrected chi connectivity index (χ4v) is 3.20. The minimum absolute atomic E-state index is 0.110. The Bertz CT molecular complexity index is 741. The lowest BCUT2D eigenvalue weighted by Gasteiger charge is -2.30. The number of likely N-dealkylation sites (tertiary alicyclic amines) is 1. The van der Waals surface area contributed by atoms with Crippen LogP contribution in [-0.2, 0) is 11.2 Å². The third-order valence-electron chi connectivity index (χ3n) is 4.57. The molecule has 1 aromatic heterocycles. The standard InChI is InChI=1S/C19H24N2O4/c1-13-5-4-8-21(12-13)19(22)11-15-10-17(25-20-15)14-6-7-16(23-2)18(9-14)24-3/h6-7,9-10,13H,4-5,8,11-12H2,1-3H3. The Morgan fingerprint density at radius 1 is 1.28 bits per heavy atom. The van der Waals surface area contributed by atoms with Gasteiger partial charge in [0.15, 0.2) is 17.3 Å². The fourth-order valence-electron chi connectivity index (χ4n) is 3.20. The fraction of sp³-hybridized carbons (Fsp3) is 0.474. The zero-order valence-electron chi connectivity index (χ0n) is 14.9. The van der Waals surface area contributed by atoms with Crippen molar-refractivity contribution in [3.63, 3.8) is 0 Å². The maximum Gasteiger partial charge on any atom is 0.228 e. The van der Waals surface area contributed by atoms with Crippen LogP contribution < -0.4 is 9.47 Å². The van der Waals surface area contributed by atoms with Crippen LogP contribution in [0.25, 0.3) is 11.3 Å². The summed E-state index contributed by atoms with van der Waals surface area (Å²) in [5.74, 6) is 2.56. The summed E-state index contributed by atoms with van der Waals surface area (Å²) in [6, 6.07) is 7.33. The minimum atomic E-state index is 0.110. The maximum atomic E-state index is 12.5. The molecule has 0 spiro atoms. The summed E-state index contributed by atoms with van der Waals surface area (Å²) >= 11 is 0. The highest BCUT2D eigenvalue weighted by Crippen LogP contribution is 2.32. The van der Waals surface area contributed by atoms with Crippen molar-refractivity contribution in [2.45, 2.75) is 26.2 Å². The molecule has 6 nitrogen and oxygen atoms in total. The monoisotopic (exact) mass is 344 g/mol. The summed E-state index contributed by atoms with van der Waals surface area (Å²) in [5, 5.41) is 4.05. The topological polar surface area (TPSA) is 64.8 Å². The van der Waals surface area contributed by atoms with Gasteiger partial charge in [0.25, 0.3) is 0 Å². The van der Waals surface area contributed by atoms with Crippen molar-refractivity contribution in [2.24, 2.45) is 5.92 Å². The van der Waals surface area contributed by atoms with Gasteiger partial charge in [-0.3, -0.25) is 4.79 Å². The molecule has 0 N–H and O–H groups in total. The van der Waals surface area contributed by atoms with Crippen LogP contribution in [0, 0.1) is 5.92 Å². The number of rotatable bonds is 5. The van der Waals surface area contributed by atoms with Gasteiger partial charge in [0, 0.05) is 24.7 Å². The van der Waals surface area contributed by atoms with E-state index in [4.69, 9.17) is 14.0 Å². The van der Waals surface area contributed by atoms with Gasteiger partial charge in [0.1, 0.15) is 0 Å². The molecule has 1 aliphatic rings. The molecule has 1 fully saturated rings. The number of methoxy groups -OCH3 is 2. The van der Waals surface area contributed by atoms with Crippen molar-refractivity contribution in [3.8, 4) is 22.8 Å². The number of nitrogens with zero attached hydrogens (tertiary/aromatic N) is 2. The Hall–Kier alpha value is -2.50. The number of piperidine rings is 1. The van der Waals surface area contributed by atoms with Crippen LogP contribution in [0.3, 0.4) is 0 Å². The van der Waals surface area contributed by atoms with E-state index in [1.807, 2.05) is 29.2 Å². The quantitative estimate of drug-likeness (QED) is 0.833. The molecule has 25 heavy (non-hydrogen) atoms. The van der Waals surface area contributed by atoms with Gasteiger partial charge in [-0.15, -0.1) is 0 Å². The second kappa shape index (κ2) is 7.59. The predicted molar refractivity (Wildman–Crippen MR) is 93.7 cm³/mol. The van der Waals surface area contributed by atoms with E-state index in [1.165, 1.54) is 6.42 Å². The lowest BCUT2D eigenvalue weighted by atomic mass is 10.00. The van der Waals surface area contributed by atoms with E-state index in [-0.39, 0.29) is 12.3 Å². The minimum Gasteiger partial charge on any atom is -0.493 e. The molecule has 1 aliphatic heterocycles. The lowest BCUT2D eigenvalue weighted by Crippen LogP contribution is -2.39. The molecule has 0 bridgehead atoms. The molecule has 0 radical (unpaired) electrons. The molecule has 1 saturated heterocycles. The Balaban J connectivity index is 1.71. The summed E-state index contributed by atoms with van der Waals surface area (Å²) in [6.45, 7) is 3.85. The van der Waals surface area contributed by atoms with Gasteiger partial charge in [-0.25, -0.2) is 0 Å². The SMILES string of the molecule is COc1ccc(-c2cc(CC(=O)N3CCCC(C)C3)no2)cc1OC. The van der Waals surface area contributed by atoms with Gasteiger partial charge in [-0.2, -0.15) is 0 Å². The Kier molecular flexibility index (Phi) is 5.26. The van der Waals surface area contributed by atoms with Crippen LogP contribution in [0.1, 0.15) is 25.5 Å². The number of carbonyl (C=O) groups excluding carboxylic acids is 1. The molecule has 0 aliphatic carbocycles. The Morgan fingerprint density at radius 3 is 2.80 bits per heavy atom. The van der Waals surface area contributed by atoms with E-state index in [0.717, 1.165) is 25.1 Å². The van der Waals surface area contributed by atoms with Crippen molar-refractivity contribution in [3.05, 3.63) is 30.0 Å².